The Morgan fingerprint density at radius 3 is 2.89 bits per heavy atom. The van der Waals surface area contributed by atoms with E-state index in [2.05, 4.69) is 37.9 Å². The van der Waals surface area contributed by atoms with E-state index < -0.39 is 17.7 Å². The van der Waals surface area contributed by atoms with E-state index in [9.17, 15) is 13.6 Å². The first-order valence-electron chi connectivity index (χ1n) is 12.2. The summed E-state index contributed by atoms with van der Waals surface area (Å²) in [6, 6.07) is 6.42. The average Bonchev–Trinajstić information content (AvgIpc) is 3.25. The van der Waals surface area contributed by atoms with E-state index in [1.54, 1.807) is 42.0 Å². The summed E-state index contributed by atoms with van der Waals surface area (Å²) in [5, 5.41) is 13.5. The molecule has 4 rings (SSSR count). The molecular weight excluding hydrogens is 512 g/mol. The lowest BCUT2D eigenvalue weighted by atomic mass is 10.0. The van der Waals surface area contributed by atoms with Crippen LogP contribution in [0.5, 0.6) is 5.75 Å². The number of hydrogen-bond acceptors (Lipinski definition) is 8. The number of fused-ring (bicyclic) bond motifs is 1. The number of hydrogen-bond donors (Lipinski definition) is 3. The molecule has 1 fully saturated rings. The van der Waals surface area contributed by atoms with Crippen LogP contribution in [0.3, 0.4) is 0 Å². The topological polar surface area (TPSA) is 95.8 Å². The first-order valence-corrected chi connectivity index (χ1v) is 13.1. The summed E-state index contributed by atoms with van der Waals surface area (Å²) in [5.74, 6) is 6.73. The van der Waals surface area contributed by atoms with E-state index in [-0.39, 0.29) is 12.5 Å². The number of rotatable bonds is 8. The summed E-state index contributed by atoms with van der Waals surface area (Å²) in [5.41, 5.74) is 1.01. The summed E-state index contributed by atoms with van der Waals surface area (Å²) in [6.07, 6.45) is 1.18. The summed E-state index contributed by atoms with van der Waals surface area (Å²) in [6.45, 7) is 2.82. The predicted octanol–water partition coefficient (Wildman–Crippen LogP) is 3.42. The number of methoxy groups -OCH3 is 1. The van der Waals surface area contributed by atoms with Gasteiger partial charge in [-0.1, -0.05) is 17.7 Å². The van der Waals surface area contributed by atoms with Gasteiger partial charge in [0, 0.05) is 31.9 Å². The van der Waals surface area contributed by atoms with Crippen molar-refractivity contribution in [3.8, 4) is 17.6 Å². The maximum atomic E-state index is 14.6. The fourth-order valence-corrected chi connectivity index (χ4v) is 5.00. The third-order valence-corrected chi connectivity index (χ3v) is 7.07. The Morgan fingerprint density at radius 2 is 2.18 bits per heavy atom. The molecule has 0 bridgehead atoms. The van der Waals surface area contributed by atoms with Crippen molar-refractivity contribution in [3.63, 3.8) is 0 Å². The monoisotopic (exact) mass is 543 g/mol. The SMILES string of the molecule is CNC(=O)c1ccc(NCC#Cc2nn3c(N[C@@H]4CCN(C)C[C@@H]4F)nccc3c2SC(C)F)c(OC)c1. The zero-order valence-electron chi connectivity index (χ0n) is 21.7. The van der Waals surface area contributed by atoms with Crippen LogP contribution >= 0.6 is 11.8 Å². The molecule has 202 valence electrons. The van der Waals surface area contributed by atoms with Crippen LogP contribution in [0.25, 0.3) is 5.52 Å². The molecule has 1 saturated heterocycles. The zero-order valence-corrected chi connectivity index (χ0v) is 22.5. The number of amides is 1. The van der Waals surface area contributed by atoms with Crippen molar-refractivity contribution < 1.29 is 18.3 Å². The molecule has 1 unspecified atom stereocenters. The lowest BCUT2D eigenvalue weighted by Gasteiger charge is -2.32. The van der Waals surface area contributed by atoms with E-state index in [1.165, 1.54) is 14.0 Å². The van der Waals surface area contributed by atoms with Gasteiger partial charge in [0.2, 0.25) is 5.95 Å². The Kier molecular flexibility index (Phi) is 8.91. The van der Waals surface area contributed by atoms with Gasteiger partial charge >= 0.3 is 0 Å². The van der Waals surface area contributed by atoms with E-state index in [0.29, 0.717) is 52.0 Å². The Hall–Kier alpha value is -3.56. The first kappa shape index (κ1) is 27.5. The second-order valence-corrected chi connectivity index (χ2v) is 10.2. The molecule has 3 atom stereocenters. The Bertz CT molecular complexity index is 1350. The van der Waals surface area contributed by atoms with Crippen LogP contribution in [0.15, 0.2) is 35.4 Å². The molecule has 1 aliphatic rings. The third-order valence-electron chi connectivity index (χ3n) is 6.11. The molecular formula is C26H31F2N7O2S. The summed E-state index contributed by atoms with van der Waals surface area (Å²) < 4.78 is 35.7. The van der Waals surface area contributed by atoms with Crippen LogP contribution in [-0.4, -0.2) is 84.0 Å². The van der Waals surface area contributed by atoms with Gasteiger partial charge in [-0.3, -0.25) is 4.79 Å². The van der Waals surface area contributed by atoms with Crippen molar-refractivity contribution in [2.24, 2.45) is 0 Å². The molecule has 9 nitrogen and oxygen atoms in total. The van der Waals surface area contributed by atoms with Gasteiger partial charge in [-0.15, -0.1) is 0 Å². The molecule has 2 aromatic heterocycles. The summed E-state index contributed by atoms with van der Waals surface area (Å²) in [7, 11) is 4.98. The van der Waals surface area contributed by atoms with Crippen molar-refractivity contribution in [1.29, 1.82) is 0 Å². The number of alkyl halides is 2. The normalized spacial score (nSPS) is 18.4. The number of anilines is 2. The number of halogens is 2. The highest BCUT2D eigenvalue weighted by Gasteiger charge is 2.28. The molecule has 0 radical (unpaired) electrons. The Morgan fingerprint density at radius 1 is 1.37 bits per heavy atom. The standard InChI is InChI=1S/C26H31F2N7O2S/c1-16(27)38-24-21(6-5-11-30-20-8-7-17(25(36)29-2)14-23(20)37-4)33-35-22(24)9-12-31-26(35)32-19-10-13-34(3)15-18(19)28/h7-9,12,14,16,18-19,30H,10-11,13,15H2,1-4H3,(H,29,36)(H,31,32)/t16?,18-,19+/m0/s1. The Balaban J connectivity index is 1.56. The van der Waals surface area contributed by atoms with Crippen LogP contribution in [0.2, 0.25) is 0 Å². The lowest BCUT2D eigenvalue weighted by Crippen LogP contribution is -2.46. The molecule has 3 aromatic rings. The van der Waals surface area contributed by atoms with Crippen LogP contribution in [0, 0.1) is 11.8 Å². The number of ether oxygens (including phenoxy) is 1. The molecule has 12 heteroatoms. The van der Waals surface area contributed by atoms with Gasteiger partial charge in [-0.2, -0.15) is 9.61 Å². The van der Waals surface area contributed by atoms with Crippen LogP contribution < -0.4 is 20.7 Å². The number of piperidine rings is 1. The maximum absolute atomic E-state index is 14.6. The number of aromatic nitrogens is 3. The van der Waals surface area contributed by atoms with Crippen molar-refractivity contribution in [2.45, 2.75) is 36.0 Å². The van der Waals surface area contributed by atoms with Crippen molar-refractivity contribution in [1.82, 2.24) is 24.8 Å². The molecule has 0 spiro atoms. The molecule has 3 N–H and O–H groups in total. The number of carbonyl (C=O) groups excluding carboxylic acids is 1. The molecule has 38 heavy (non-hydrogen) atoms. The highest BCUT2D eigenvalue weighted by molar-refractivity contribution is 8.00. The largest absolute Gasteiger partial charge is 0.495 e. The number of nitrogens with one attached hydrogen (secondary N) is 3. The van der Waals surface area contributed by atoms with Gasteiger partial charge in [0.25, 0.3) is 5.91 Å². The zero-order chi connectivity index (χ0) is 27.2. The second-order valence-electron chi connectivity index (χ2n) is 8.87. The van der Waals surface area contributed by atoms with Gasteiger partial charge in [0.1, 0.15) is 23.1 Å². The number of benzene rings is 1. The number of likely N-dealkylation sites (tertiary alicyclic amines) is 1. The molecule has 0 saturated carbocycles. The van der Waals surface area contributed by atoms with Crippen LogP contribution in [0.1, 0.15) is 29.4 Å². The minimum absolute atomic E-state index is 0.213. The highest BCUT2D eigenvalue weighted by atomic mass is 32.2. The van der Waals surface area contributed by atoms with Gasteiger partial charge in [-0.05, 0) is 50.6 Å². The highest BCUT2D eigenvalue weighted by Crippen LogP contribution is 2.32. The van der Waals surface area contributed by atoms with Gasteiger partial charge < -0.3 is 25.6 Å². The quantitative estimate of drug-likeness (QED) is 0.294. The van der Waals surface area contributed by atoms with E-state index in [0.717, 1.165) is 18.3 Å². The third kappa shape index (κ3) is 6.28. The maximum Gasteiger partial charge on any atom is 0.251 e. The molecule has 1 aromatic carbocycles. The van der Waals surface area contributed by atoms with E-state index in [4.69, 9.17) is 4.74 Å². The van der Waals surface area contributed by atoms with Crippen LogP contribution in [0.4, 0.5) is 20.4 Å². The summed E-state index contributed by atoms with van der Waals surface area (Å²) >= 11 is 1.02. The second kappa shape index (κ2) is 12.3. The molecule has 0 aliphatic carbocycles. The molecule has 3 heterocycles. The van der Waals surface area contributed by atoms with E-state index in [1.807, 2.05) is 11.9 Å². The van der Waals surface area contributed by atoms with Crippen molar-refractivity contribution in [3.05, 3.63) is 41.7 Å². The van der Waals surface area contributed by atoms with Crippen LogP contribution in [-0.2, 0) is 0 Å². The predicted molar refractivity (Wildman–Crippen MR) is 146 cm³/mol. The average molecular weight is 544 g/mol. The van der Waals surface area contributed by atoms with Crippen molar-refractivity contribution in [2.75, 3.05) is 51.5 Å². The fourth-order valence-electron chi connectivity index (χ4n) is 4.19. The Labute approximate surface area is 224 Å². The smallest absolute Gasteiger partial charge is 0.251 e. The number of nitrogens with zero attached hydrogens (tertiary/aromatic N) is 4. The molecule has 1 aliphatic heterocycles. The van der Waals surface area contributed by atoms with Gasteiger partial charge in [0.05, 0.1) is 35.8 Å². The van der Waals surface area contributed by atoms with Gasteiger partial charge in [0.15, 0.2) is 0 Å². The van der Waals surface area contributed by atoms with Gasteiger partial charge in [-0.25, -0.2) is 13.8 Å². The molecule has 1 amide bonds. The van der Waals surface area contributed by atoms with Crippen molar-refractivity contribution >= 4 is 34.8 Å². The number of carbonyl (C=O) groups is 1. The van der Waals surface area contributed by atoms with E-state index >= 15 is 0 Å². The fraction of sp³-hybridized carbons (Fsp3) is 0.423. The first-order chi connectivity index (χ1) is 18.3. The number of thioether (sulfide) groups is 1. The minimum atomic E-state index is -1.18. The lowest BCUT2D eigenvalue weighted by molar-refractivity contribution is 0.0962. The summed E-state index contributed by atoms with van der Waals surface area (Å²) in [4.78, 5) is 18.8. The minimum Gasteiger partial charge on any atom is -0.495 e.